The van der Waals surface area contributed by atoms with Crippen molar-refractivity contribution in [2.24, 2.45) is 12.1 Å². The molecular formula is C29H27FN6O3S. The SMILES string of the molecule is COc1ccc(C2=NN(C(=O)CSc3nnc(CNC(=O)c4ccccc4)n3C)C(c3ccc(F)cc3)C2)cc1. The van der Waals surface area contributed by atoms with Crippen molar-refractivity contribution in [1.82, 2.24) is 25.1 Å². The van der Waals surface area contributed by atoms with Crippen LogP contribution in [0.15, 0.2) is 89.1 Å². The first-order valence-electron chi connectivity index (χ1n) is 12.6. The lowest BCUT2D eigenvalue weighted by Gasteiger charge is -2.22. The molecule has 0 radical (unpaired) electrons. The van der Waals surface area contributed by atoms with Crippen LogP contribution in [-0.2, 0) is 18.4 Å². The molecule has 2 amide bonds. The summed E-state index contributed by atoms with van der Waals surface area (Å²) in [5, 5.41) is 17.9. The van der Waals surface area contributed by atoms with E-state index in [1.54, 1.807) is 55.1 Å². The maximum absolute atomic E-state index is 13.6. The third kappa shape index (κ3) is 6.04. The summed E-state index contributed by atoms with van der Waals surface area (Å²) in [7, 11) is 3.39. The van der Waals surface area contributed by atoms with Crippen LogP contribution in [0.5, 0.6) is 5.75 Å². The van der Waals surface area contributed by atoms with Crippen molar-refractivity contribution in [1.29, 1.82) is 0 Å². The number of rotatable bonds is 9. The maximum Gasteiger partial charge on any atom is 0.253 e. The number of aromatic nitrogens is 3. The second-order valence-electron chi connectivity index (χ2n) is 9.08. The first-order valence-corrected chi connectivity index (χ1v) is 13.5. The zero-order valence-corrected chi connectivity index (χ0v) is 22.8. The zero-order chi connectivity index (χ0) is 28.1. The largest absolute Gasteiger partial charge is 0.497 e. The number of hydrazone groups is 1. The Labute approximate surface area is 235 Å². The van der Waals surface area contributed by atoms with Crippen molar-refractivity contribution in [2.75, 3.05) is 12.9 Å². The lowest BCUT2D eigenvalue weighted by atomic mass is 9.98. The van der Waals surface area contributed by atoms with Gasteiger partial charge in [0.05, 0.1) is 31.2 Å². The van der Waals surface area contributed by atoms with E-state index in [0.717, 1.165) is 22.6 Å². The Bertz CT molecular complexity index is 1520. The van der Waals surface area contributed by atoms with E-state index in [-0.39, 0.29) is 36.0 Å². The maximum atomic E-state index is 13.6. The van der Waals surface area contributed by atoms with Crippen LogP contribution >= 0.6 is 11.8 Å². The van der Waals surface area contributed by atoms with E-state index in [0.29, 0.717) is 23.0 Å². The van der Waals surface area contributed by atoms with E-state index in [4.69, 9.17) is 4.74 Å². The predicted molar refractivity (Wildman–Crippen MR) is 149 cm³/mol. The number of hydrogen-bond acceptors (Lipinski definition) is 7. The lowest BCUT2D eigenvalue weighted by Crippen LogP contribution is -2.28. The van der Waals surface area contributed by atoms with E-state index in [1.807, 2.05) is 30.3 Å². The van der Waals surface area contributed by atoms with Gasteiger partial charge in [-0.3, -0.25) is 9.59 Å². The first kappa shape index (κ1) is 27.1. The van der Waals surface area contributed by atoms with E-state index < -0.39 is 0 Å². The van der Waals surface area contributed by atoms with Crippen LogP contribution < -0.4 is 10.1 Å². The molecule has 0 aliphatic carbocycles. The summed E-state index contributed by atoms with van der Waals surface area (Å²) < 4.78 is 20.6. The molecule has 0 bridgehead atoms. The van der Waals surface area contributed by atoms with Crippen LogP contribution in [0.2, 0.25) is 0 Å². The Morgan fingerprint density at radius 3 is 2.45 bits per heavy atom. The number of ether oxygens (including phenoxy) is 1. The lowest BCUT2D eigenvalue weighted by molar-refractivity contribution is -0.130. The molecule has 1 aromatic heterocycles. The molecule has 4 aromatic rings. The fraction of sp³-hybridized carbons (Fsp3) is 0.207. The highest BCUT2D eigenvalue weighted by molar-refractivity contribution is 7.99. The Balaban J connectivity index is 1.27. The molecule has 2 heterocycles. The van der Waals surface area contributed by atoms with Crippen molar-refractivity contribution < 1.29 is 18.7 Å². The molecule has 9 nitrogen and oxygen atoms in total. The minimum absolute atomic E-state index is 0.0689. The smallest absolute Gasteiger partial charge is 0.253 e. The monoisotopic (exact) mass is 558 g/mol. The molecule has 0 saturated heterocycles. The Hall–Kier alpha value is -4.51. The van der Waals surface area contributed by atoms with Crippen LogP contribution in [0, 0.1) is 5.82 Å². The Morgan fingerprint density at radius 1 is 1.02 bits per heavy atom. The molecule has 204 valence electrons. The third-order valence-electron chi connectivity index (χ3n) is 6.54. The summed E-state index contributed by atoms with van der Waals surface area (Å²) in [6.07, 6.45) is 0.490. The molecule has 1 unspecified atom stereocenters. The summed E-state index contributed by atoms with van der Waals surface area (Å²) >= 11 is 1.23. The Morgan fingerprint density at radius 2 is 1.75 bits per heavy atom. The van der Waals surface area contributed by atoms with Gasteiger partial charge >= 0.3 is 0 Å². The molecule has 0 saturated carbocycles. The minimum Gasteiger partial charge on any atom is -0.497 e. The Kier molecular flexibility index (Phi) is 8.20. The van der Waals surface area contributed by atoms with Gasteiger partial charge in [-0.2, -0.15) is 5.10 Å². The fourth-order valence-electron chi connectivity index (χ4n) is 4.31. The molecular weight excluding hydrogens is 531 g/mol. The van der Waals surface area contributed by atoms with Crippen LogP contribution in [0.4, 0.5) is 4.39 Å². The van der Waals surface area contributed by atoms with Gasteiger partial charge in [-0.1, -0.05) is 42.1 Å². The van der Waals surface area contributed by atoms with Gasteiger partial charge < -0.3 is 14.6 Å². The van der Waals surface area contributed by atoms with Gasteiger partial charge in [-0.05, 0) is 59.7 Å². The zero-order valence-electron chi connectivity index (χ0n) is 22.0. The van der Waals surface area contributed by atoms with E-state index in [9.17, 15) is 14.0 Å². The second-order valence-corrected chi connectivity index (χ2v) is 10.0. The van der Waals surface area contributed by atoms with Crippen molar-refractivity contribution >= 4 is 29.3 Å². The van der Waals surface area contributed by atoms with Crippen LogP contribution in [-0.4, -0.2) is 50.2 Å². The van der Waals surface area contributed by atoms with Crippen LogP contribution in [0.25, 0.3) is 0 Å². The number of hydrogen-bond donors (Lipinski definition) is 1. The molecule has 5 rings (SSSR count). The molecule has 40 heavy (non-hydrogen) atoms. The number of nitrogens with one attached hydrogen (secondary N) is 1. The molecule has 1 N–H and O–H groups in total. The molecule has 0 fully saturated rings. The van der Waals surface area contributed by atoms with Gasteiger partial charge in [0.15, 0.2) is 11.0 Å². The predicted octanol–water partition coefficient (Wildman–Crippen LogP) is 4.36. The molecule has 11 heteroatoms. The topological polar surface area (TPSA) is 102 Å². The van der Waals surface area contributed by atoms with Crippen molar-refractivity contribution in [3.63, 3.8) is 0 Å². The summed E-state index contributed by atoms with van der Waals surface area (Å²) in [5.74, 6) is 0.585. The highest BCUT2D eigenvalue weighted by Gasteiger charge is 2.33. The average molecular weight is 559 g/mol. The first-order chi connectivity index (χ1) is 19.4. The number of carbonyl (C=O) groups excluding carboxylic acids is 2. The third-order valence-corrected chi connectivity index (χ3v) is 7.54. The van der Waals surface area contributed by atoms with Crippen molar-refractivity contribution in [3.05, 3.63) is 107 Å². The molecule has 1 aliphatic heterocycles. The minimum atomic E-state index is -0.367. The van der Waals surface area contributed by atoms with Crippen molar-refractivity contribution in [3.8, 4) is 5.75 Å². The standard InChI is InChI=1S/C29H27FN6O3S/c1-35-26(17-31-28(38)21-6-4-3-5-7-21)32-33-29(35)40-18-27(37)36-25(20-8-12-22(30)13-9-20)16-24(34-36)19-10-14-23(39-2)15-11-19/h3-15,25H,16-18H2,1-2H3,(H,31,38). The average Bonchev–Trinajstić information content (AvgIpc) is 3.59. The number of thioether (sulfide) groups is 1. The molecule has 1 aliphatic rings. The number of halogens is 1. The van der Waals surface area contributed by atoms with Gasteiger partial charge in [0, 0.05) is 19.0 Å². The number of nitrogens with zero attached hydrogens (tertiary/aromatic N) is 5. The molecule has 3 aromatic carbocycles. The van der Waals surface area contributed by atoms with Gasteiger partial charge in [0.1, 0.15) is 11.6 Å². The number of benzene rings is 3. The number of amides is 2. The highest BCUT2D eigenvalue weighted by Crippen LogP contribution is 2.34. The van der Waals surface area contributed by atoms with Gasteiger partial charge in [-0.25, -0.2) is 9.40 Å². The summed E-state index contributed by atoms with van der Waals surface area (Å²) in [6, 6.07) is 22.2. The quantitative estimate of drug-likeness (QED) is 0.306. The van der Waals surface area contributed by atoms with E-state index in [1.165, 1.54) is 28.9 Å². The normalized spacial score (nSPS) is 14.6. The van der Waals surface area contributed by atoms with Crippen molar-refractivity contribution in [2.45, 2.75) is 24.2 Å². The summed E-state index contributed by atoms with van der Waals surface area (Å²) in [4.78, 5) is 25.8. The van der Waals surface area contributed by atoms with E-state index in [2.05, 4.69) is 20.6 Å². The summed E-state index contributed by atoms with van der Waals surface area (Å²) in [6.45, 7) is 0.194. The highest BCUT2D eigenvalue weighted by atomic mass is 32.2. The number of carbonyl (C=O) groups is 2. The molecule has 0 spiro atoms. The molecule has 1 atom stereocenters. The van der Waals surface area contributed by atoms with Gasteiger partial charge in [-0.15, -0.1) is 10.2 Å². The van der Waals surface area contributed by atoms with Gasteiger partial charge in [0.2, 0.25) is 0 Å². The second kappa shape index (κ2) is 12.1. The fourth-order valence-corrected chi connectivity index (χ4v) is 5.09. The van der Waals surface area contributed by atoms with Crippen LogP contribution in [0.3, 0.4) is 0 Å². The van der Waals surface area contributed by atoms with Gasteiger partial charge in [0.25, 0.3) is 11.8 Å². The van der Waals surface area contributed by atoms with Crippen LogP contribution in [0.1, 0.15) is 39.8 Å². The summed E-state index contributed by atoms with van der Waals surface area (Å²) in [5.41, 5.74) is 2.99. The van der Waals surface area contributed by atoms with E-state index >= 15 is 0 Å². The number of methoxy groups -OCH3 is 1.